The van der Waals surface area contributed by atoms with Crippen LogP contribution in [0.3, 0.4) is 0 Å². The Morgan fingerprint density at radius 2 is 1.88 bits per heavy atom. The maximum atomic E-state index is 12.9. The van der Waals surface area contributed by atoms with Crippen LogP contribution in [0, 0.1) is 13.8 Å². The van der Waals surface area contributed by atoms with Crippen LogP contribution in [-0.4, -0.2) is 33.8 Å². The molecule has 0 aliphatic heterocycles. The number of hydrogen-bond acceptors (Lipinski definition) is 4. The predicted molar refractivity (Wildman–Crippen MR) is 102 cm³/mol. The van der Waals surface area contributed by atoms with Gasteiger partial charge in [0.25, 0.3) is 5.91 Å². The molecule has 0 saturated carbocycles. The maximum absolute atomic E-state index is 12.9. The number of halogens is 1. The van der Waals surface area contributed by atoms with E-state index in [9.17, 15) is 9.59 Å². The van der Waals surface area contributed by atoms with Crippen LogP contribution in [0.1, 0.15) is 41.7 Å². The Morgan fingerprint density at radius 3 is 2.40 bits per heavy atom. The maximum Gasteiger partial charge on any atom is 0.256 e. The van der Waals surface area contributed by atoms with Crippen LogP contribution >= 0.6 is 22.9 Å². The summed E-state index contributed by atoms with van der Waals surface area (Å²) in [4.78, 5) is 32.2. The number of nitrogens with zero attached hydrogens (tertiary/aromatic N) is 2. The van der Waals surface area contributed by atoms with Gasteiger partial charge in [0.05, 0.1) is 16.3 Å². The van der Waals surface area contributed by atoms with E-state index in [2.05, 4.69) is 10.3 Å². The summed E-state index contributed by atoms with van der Waals surface area (Å²) >= 11 is 7.56. The van der Waals surface area contributed by atoms with E-state index in [0.717, 1.165) is 10.6 Å². The first-order valence-corrected chi connectivity index (χ1v) is 9.09. The second kappa shape index (κ2) is 7.54. The number of carbonyl (C=O) groups excluding carboxylic acids is 2. The number of aromatic nitrogens is 1. The van der Waals surface area contributed by atoms with Crippen molar-refractivity contribution in [2.24, 2.45) is 0 Å². The second-order valence-electron chi connectivity index (χ2n) is 6.75. The minimum Gasteiger partial charge on any atom is -0.324 e. The van der Waals surface area contributed by atoms with Crippen molar-refractivity contribution in [3.05, 3.63) is 45.4 Å². The lowest BCUT2D eigenvalue weighted by atomic mass is 10.0. The number of rotatable bonds is 4. The molecule has 0 aliphatic carbocycles. The molecule has 7 heteroatoms. The molecule has 0 spiro atoms. The highest BCUT2D eigenvalue weighted by molar-refractivity contribution is 7.15. The minimum atomic E-state index is -0.539. The van der Waals surface area contributed by atoms with Gasteiger partial charge in [-0.15, -0.1) is 11.3 Å². The van der Waals surface area contributed by atoms with E-state index in [1.54, 1.807) is 24.3 Å². The van der Waals surface area contributed by atoms with E-state index in [1.807, 2.05) is 34.6 Å². The number of thiazole rings is 1. The molecule has 1 aromatic heterocycles. The molecule has 25 heavy (non-hydrogen) atoms. The van der Waals surface area contributed by atoms with E-state index in [-0.39, 0.29) is 18.4 Å². The monoisotopic (exact) mass is 379 g/mol. The van der Waals surface area contributed by atoms with Gasteiger partial charge in [0, 0.05) is 10.4 Å². The number of aryl methyl sites for hydroxylation is 2. The highest BCUT2D eigenvalue weighted by atomic mass is 35.5. The lowest BCUT2D eigenvalue weighted by Gasteiger charge is -2.35. The molecule has 5 nitrogen and oxygen atoms in total. The van der Waals surface area contributed by atoms with Crippen LogP contribution in [0.4, 0.5) is 5.13 Å². The number of carbonyl (C=O) groups is 2. The summed E-state index contributed by atoms with van der Waals surface area (Å²) < 4.78 is 0. The van der Waals surface area contributed by atoms with Gasteiger partial charge >= 0.3 is 0 Å². The molecule has 1 N–H and O–H groups in total. The molecule has 2 amide bonds. The summed E-state index contributed by atoms with van der Waals surface area (Å²) in [5.41, 5.74) is 0.732. The average molecular weight is 380 g/mol. The first kappa shape index (κ1) is 19.4. The molecule has 134 valence electrons. The Bertz CT molecular complexity index is 776. The smallest absolute Gasteiger partial charge is 0.256 e. The predicted octanol–water partition coefficient (Wildman–Crippen LogP) is 4.29. The molecule has 0 fully saturated rings. The first-order chi connectivity index (χ1) is 11.6. The van der Waals surface area contributed by atoms with Crippen LogP contribution in [-0.2, 0) is 4.79 Å². The third kappa shape index (κ3) is 4.80. The van der Waals surface area contributed by atoms with E-state index in [0.29, 0.717) is 15.7 Å². The average Bonchev–Trinajstić information content (AvgIpc) is 2.81. The molecular formula is C18H22ClN3O2S. The van der Waals surface area contributed by atoms with Gasteiger partial charge in [-0.25, -0.2) is 4.98 Å². The Hall–Kier alpha value is -1.92. The zero-order chi connectivity index (χ0) is 18.8. The van der Waals surface area contributed by atoms with Crippen LogP contribution in [0.5, 0.6) is 0 Å². The summed E-state index contributed by atoms with van der Waals surface area (Å²) in [5.74, 6) is -0.566. The lowest BCUT2D eigenvalue weighted by Crippen LogP contribution is -2.49. The van der Waals surface area contributed by atoms with Gasteiger partial charge in [-0.3, -0.25) is 9.59 Å². The lowest BCUT2D eigenvalue weighted by molar-refractivity contribution is -0.117. The van der Waals surface area contributed by atoms with Gasteiger partial charge in [-0.1, -0.05) is 23.7 Å². The van der Waals surface area contributed by atoms with Crippen molar-refractivity contribution in [3.63, 3.8) is 0 Å². The van der Waals surface area contributed by atoms with Crippen LogP contribution in [0.25, 0.3) is 0 Å². The van der Waals surface area contributed by atoms with Crippen molar-refractivity contribution < 1.29 is 9.59 Å². The summed E-state index contributed by atoms with van der Waals surface area (Å²) in [6.45, 7) is 9.41. The van der Waals surface area contributed by atoms with E-state index in [1.165, 1.54) is 16.2 Å². The molecule has 0 radical (unpaired) electrons. The van der Waals surface area contributed by atoms with Crippen molar-refractivity contribution in [2.45, 2.75) is 40.2 Å². The second-order valence-corrected chi connectivity index (χ2v) is 8.36. The first-order valence-electron chi connectivity index (χ1n) is 7.90. The Kier molecular flexibility index (Phi) is 5.85. The number of amides is 2. The third-order valence-corrected chi connectivity index (χ3v) is 5.05. The summed E-state index contributed by atoms with van der Waals surface area (Å²) in [6.07, 6.45) is 0. The van der Waals surface area contributed by atoms with Gasteiger partial charge < -0.3 is 10.2 Å². The fourth-order valence-corrected chi connectivity index (χ4v) is 3.27. The topological polar surface area (TPSA) is 62.3 Å². The van der Waals surface area contributed by atoms with Gasteiger partial charge in [0.2, 0.25) is 5.91 Å². The van der Waals surface area contributed by atoms with Crippen LogP contribution < -0.4 is 5.32 Å². The normalized spacial score (nSPS) is 11.3. The molecule has 1 aromatic carbocycles. The van der Waals surface area contributed by atoms with Gasteiger partial charge in [-0.05, 0) is 46.8 Å². The highest BCUT2D eigenvalue weighted by Crippen LogP contribution is 2.24. The van der Waals surface area contributed by atoms with Crippen molar-refractivity contribution in [1.29, 1.82) is 0 Å². The zero-order valence-corrected chi connectivity index (χ0v) is 16.6. The largest absolute Gasteiger partial charge is 0.324 e. The molecule has 0 aliphatic rings. The Morgan fingerprint density at radius 1 is 1.24 bits per heavy atom. The van der Waals surface area contributed by atoms with E-state index >= 15 is 0 Å². The van der Waals surface area contributed by atoms with Gasteiger partial charge in [-0.2, -0.15) is 0 Å². The molecule has 0 bridgehead atoms. The Labute approximate surface area is 157 Å². The third-order valence-electron chi connectivity index (χ3n) is 3.74. The molecule has 0 unspecified atom stereocenters. The standard InChI is InChI=1S/C18H22ClN3O2S/c1-11-12(2)25-17(20-11)21-15(23)10-22(18(3,4)5)16(24)13-8-6-7-9-14(13)19/h6-9H,10H2,1-5H3,(H,20,21,23). The molecule has 2 aromatic rings. The van der Waals surface area contributed by atoms with Gasteiger partial charge in [0.1, 0.15) is 6.54 Å². The number of anilines is 1. The molecule has 0 atom stereocenters. The summed E-state index contributed by atoms with van der Waals surface area (Å²) in [5, 5.41) is 3.68. The number of nitrogens with one attached hydrogen (secondary N) is 1. The van der Waals surface area contributed by atoms with Crippen molar-refractivity contribution in [1.82, 2.24) is 9.88 Å². The van der Waals surface area contributed by atoms with Crippen molar-refractivity contribution in [3.8, 4) is 0 Å². The van der Waals surface area contributed by atoms with Gasteiger partial charge in [0.15, 0.2) is 5.13 Å². The van der Waals surface area contributed by atoms with Crippen LogP contribution in [0.2, 0.25) is 5.02 Å². The van der Waals surface area contributed by atoms with Crippen LogP contribution in [0.15, 0.2) is 24.3 Å². The zero-order valence-electron chi connectivity index (χ0n) is 15.0. The SMILES string of the molecule is Cc1nc(NC(=O)CN(C(=O)c2ccccc2Cl)C(C)(C)C)sc1C. The number of hydrogen-bond donors (Lipinski definition) is 1. The molecule has 0 saturated heterocycles. The quantitative estimate of drug-likeness (QED) is 0.861. The van der Waals surface area contributed by atoms with E-state index < -0.39 is 5.54 Å². The fourth-order valence-electron chi connectivity index (χ4n) is 2.22. The molecule has 1 heterocycles. The van der Waals surface area contributed by atoms with Crippen molar-refractivity contribution >= 4 is 39.9 Å². The molecular weight excluding hydrogens is 358 g/mol. The minimum absolute atomic E-state index is 0.0781. The highest BCUT2D eigenvalue weighted by Gasteiger charge is 2.30. The summed E-state index contributed by atoms with van der Waals surface area (Å²) in [7, 11) is 0. The Balaban J connectivity index is 2.19. The van der Waals surface area contributed by atoms with E-state index in [4.69, 9.17) is 11.6 Å². The van der Waals surface area contributed by atoms with Crippen molar-refractivity contribution in [2.75, 3.05) is 11.9 Å². The summed E-state index contributed by atoms with van der Waals surface area (Å²) in [6, 6.07) is 6.84. The molecule has 2 rings (SSSR count). The fraction of sp³-hybridized carbons (Fsp3) is 0.389. The number of benzene rings is 1.